The van der Waals surface area contributed by atoms with E-state index in [0.717, 1.165) is 0 Å². The fourth-order valence-electron chi connectivity index (χ4n) is 1.61. The predicted octanol–water partition coefficient (Wildman–Crippen LogP) is 3.54. The van der Waals surface area contributed by atoms with E-state index in [0.29, 0.717) is 4.90 Å². The third-order valence-electron chi connectivity index (χ3n) is 2.40. The van der Waals surface area contributed by atoms with Crippen LogP contribution in [0.4, 0.5) is 13.2 Å². The summed E-state index contributed by atoms with van der Waals surface area (Å²) in [6.07, 6.45) is -3.27. The van der Waals surface area contributed by atoms with E-state index in [1.165, 1.54) is 31.4 Å². The summed E-state index contributed by atoms with van der Waals surface area (Å²) in [5, 5.41) is 0.236. The molecule has 3 nitrogen and oxygen atoms in total. The van der Waals surface area contributed by atoms with Crippen LogP contribution in [0.15, 0.2) is 30.9 Å². The zero-order valence-electron chi connectivity index (χ0n) is 10.7. The summed E-state index contributed by atoms with van der Waals surface area (Å²) in [7, 11) is 1.32. The number of carbonyl (C=O) groups is 1. The van der Waals surface area contributed by atoms with Gasteiger partial charge in [-0.05, 0) is 18.2 Å². The second-order valence-corrected chi connectivity index (χ2v) is 4.37. The van der Waals surface area contributed by atoms with Crippen LogP contribution in [0.5, 0.6) is 5.75 Å². The average molecular weight is 308 g/mol. The van der Waals surface area contributed by atoms with Gasteiger partial charge in [0.1, 0.15) is 12.3 Å². The van der Waals surface area contributed by atoms with Gasteiger partial charge in [-0.15, -0.1) is 6.58 Å². The van der Waals surface area contributed by atoms with Gasteiger partial charge in [-0.3, -0.25) is 4.79 Å². The molecule has 110 valence electrons. The minimum atomic E-state index is -4.50. The second-order valence-electron chi connectivity index (χ2n) is 3.93. The first-order valence-corrected chi connectivity index (χ1v) is 5.96. The van der Waals surface area contributed by atoms with E-state index in [2.05, 4.69) is 6.58 Å². The highest BCUT2D eigenvalue weighted by Crippen LogP contribution is 2.25. The van der Waals surface area contributed by atoms with Crippen molar-refractivity contribution in [1.82, 2.24) is 4.90 Å². The van der Waals surface area contributed by atoms with Crippen LogP contribution >= 0.6 is 11.6 Å². The maximum Gasteiger partial charge on any atom is 0.406 e. The van der Waals surface area contributed by atoms with Gasteiger partial charge >= 0.3 is 6.18 Å². The number of ether oxygens (including phenoxy) is 1. The molecule has 1 aromatic rings. The van der Waals surface area contributed by atoms with Crippen molar-refractivity contribution < 1.29 is 22.7 Å². The molecule has 0 heterocycles. The number of hydrogen-bond acceptors (Lipinski definition) is 2. The number of alkyl halides is 3. The van der Waals surface area contributed by atoms with Crippen molar-refractivity contribution in [2.45, 2.75) is 6.18 Å². The smallest absolute Gasteiger partial charge is 0.406 e. The Kier molecular flexibility index (Phi) is 5.44. The lowest BCUT2D eigenvalue weighted by Gasteiger charge is -2.23. The quantitative estimate of drug-likeness (QED) is 0.779. The highest BCUT2D eigenvalue weighted by atomic mass is 35.5. The van der Waals surface area contributed by atoms with E-state index in [-0.39, 0.29) is 22.9 Å². The summed E-state index contributed by atoms with van der Waals surface area (Å²) >= 11 is 5.76. The molecular formula is C13H13ClF3NO2. The molecule has 0 bridgehead atoms. The van der Waals surface area contributed by atoms with Gasteiger partial charge in [0.05, 0.1) is 12.7 Å². The molecule has 0 aromatic heterocycles. The van der Waals surface area contributed by atoms with Crippen LogP contribution in [0.25, 0.3) is 0 Å². The zero-order chi connectivity index (χ0) is 15.3. The molecule has 0 saturated heterocycles. The monoisotopic (exact) mass is 307 g/mol. The maximum atomic E-state index is 12.5. The minimum Gasteiger partial charge on any atom is -0.496 e. The van der Waals surface area contributed by atoms with E-state index >= 15 is 0 Å². The van der Waals surface area contributed by atoms with E-state index in [1.54, 1.807) is 0 Å². The van der Waals surface area contributed by atoms with Crippen LogP contribution in [-0.2, 0) is 0 Å². The van der Waals surface area contributed by atoms with E-state index in [4.69, 9.17) is 16.3 Å². The first-order valence-electron chi connectivity index (χ1n) is 5.59. The van der Waals surface area contributed by atoms with Gasteiger partial charge in [0, 0.05) is 11.6 Å². The van der Waals surface area contributed by atoms with Crippen LogP contribution in [0.1, 0.15) is 10.4 Å². The normalized spacial score (nSPS) is 11.1. The molecule has 0 radical (unpaired) electrons. The molecule has 0 aliphatic heterocycles. The van der Waals surface area contributed by atoms with Crippen molar-refractivity contribution >= 4 is 17.5 Å². The number of methoxy groups -OCH3 is 1. The Labute approximate surface area is 119 Å². The lowest BCUT2D eigenvalue weighted by atomic mass is 10.1. The lowest BCUT2D eigenvalue weighted by Crippen LogP contribution is -2.39. The Morgan fingerprint density at radius 2 is 2.15 bits per heavy atom. The summed E-state index contributed by atoms with van der Waals surface area (Å²) in [6.45, 7) is 1.75. The maximum absolute atomic E-state index is 12.5. The number of amides is 1. The molecular weight excluding hydrogens is 295 g/mol. The summed E-state index contributed by atoms with van der Waals surface area (Å²) in [4.78, 5) is 12.8. The van der Waals surface area contributed by atoms with Crippen LogP contribution < -0.4 is 4.74 Å². The Balaban J connectivity index is 3.11. The minimum absolute atomic E-state index is 0.0221. The van der Waals surface area contributed by atoms with E-state index in [1.807, 2.05) is 0 Å². The average Bonchev–Trinajstić information content (AvgIpc) is 2.36. The molecule has 0 saturated carbocycles. The highest BCUT2D eigenvalue weighted by Gasteiger charge is 2.33. The number of carbonyl (C=O) groups excluding carboxylic acids is 1. The summed E-state index contributed by atoms with van der Waals surface area (Å²) in [6, 6.07) is 4.18. The van der Waals surface area contributed by atoms with Gasteiger partial charge in [0.25, 0.3) is 5.91 Å². The van der Waals surface area contributed by atoms with Crippen LogP contribution in [0, 0.1) is 0 Å². The van der Waals surface area contributed by atoms with E-state index < -0.39 is 18.6 Å². The fourth-order valence-corrected chi connectivity index (χ4v) is 1.78. The van der Waals surface area contributed by atoms with Crippen LogP contribution in [-0.4, -0.2) is 37.2 Å². The molecule has 20 heavy (non-hydrogen) atoms. The van der Waals surface area contributed by atoms with Crippen LogP contribution in [0.2, 0.25) is 5.02 Å². The molecule has 1 rings (SSSR count). The molecule has 0 aliphatic rings. The standard InChI is InChI=1S/C13H13ClF3NO2/c1-3-6-18(8-13(15,16)17)12(19)10-7-9(14)4-5-11(10)20-2/h3-5,7H,1,6,8H2,2H3. The number of benzene rings is 1. The molecule has 1 amide bonds. The van der Waals surface area contributed by atoms with Gasteiger partial charge in [-0.25, -0.2) is 0 Å². The van der Waals surface area contributed by atoms with Gasteiger partial charge in [0.2, 0.25) is 0 Å². The lowest BCUT2D eigenvalue weighted by molar-refractivity contribution is -0.139. The van der Waals surface area contributed by atoms with Crippen molar-refractivity contribution in [2.24, 2.45) is 0 Å². The number of halogens is 4. The van der Waals surface area contributed by atoms with Gasteiger partial charge in [0.15, 0.2) is 0 Å². The summed E-state index contributed by atoms with van der Waals surface area (Å²) in [5.74, 6) is -0.655. The third-order valence-corrected chi connectivity index (χ3v) is 2.63. The fraction of sp³-hybridized carbons (Fsp3) is 0.308. The topological polar surface area (TPSA) is 29.5 Å². The van der Waals surface area contributed by atoms with Crippen molar-refractivity contribution in [3.8, 4) is 5.75 Å². The molecule has 0 spiro atoms. The molecule has 1 aromatic carbocycles. The Morgan fingerprint density at radius 1 is 1.50 bits per heavy atom. The Hall–Kier alpha value is -1.69. The Bertz CT molecular complexity index is 503. The van der Waals surface area contributed by atoms with Gasteiger partial charge < -0.3 is 9.64 Å². The van der Waals surface area contributed by atoms with Crippen molar-refractivity contribution in [3.05, 3.63) is 41.4 Å². The molecule has 0 unspecified atom stereocenters. The molecule has 0 aliphatic carbocycles. The largest absolute Gasteiger partial charge is 0.496 e. The van der Waals surface area contributed by atoms with Gasteiger partial charge in [-0.2, -0.15) is 13.2 Å². The van der Waals surface area contributed by atoms with Crippen molar-refractivity contribution in [1.29, 1.82) is 0 Å². The van der Waals surface area contributed by atoms with Crippen molar-refractivity contribution in [2.75, 3.05) is 20.2 Å². The third kappa shape index (κ3) is 4.45. The SMILES string of the molecule is C=CCN(CC(F)(F)F)C(=O)c1cc(Cl)ccc1OC. The van der Waals surface area contributed by atoms with E-state index in [9.17, 15) is 18.0 Å². The number of rotatable bonds is 5. The molecule has 0 atom stereocenters. The number of nitrogens with zero attached hydrogens (tertiary/aromatic N) is 1. The molecule has 7 heteroatoms. The predicted molar refractivity (Wildman–Crippen MR) is 70.2 cm³/mol. The summed E-state index contributed by atoms with van der Waals surface area (Å²) < 4.78 is 42.4. The molecule has 0 fully saturated rings. The highest BCUT2D eigenvalue weighted by molar-refractivity contribution is 6.31. The first kappa shape index (κ1) is 16.4. The summed E-state index contributed by atoms with van der Waals surface area (Å²) in [5.41, 5.74) is -0.0221. The zero-order valence-corrected chi connectivity index (χ0v) is 11.5. The Morgan fingerprint density at radius 3 is 2.65 bits per heavy atom. The molecule has 0 N–H and O–H groups in total. The number of hydrogen-bond donors (Lipinski definition) is 0. The van der Waals surface area contributed by atoms with Crippen LogP contribution in [0.3, 0.4) is 0 Å². The second kappa shape index (κ2) is 6.65. The van der Waals surface area contributed by atoms with Crippen molar-refractivity contribution in [3.63, 3.8) is 0 Å². The first-order chi connectivity index (χ1) is 9.28. The van der Waals surface area contributed by atoms with Gasteiger partial charge in [-0.1, -0.05) is 17.7 Å².